The second kappa shape index (κ2) is 7.65. The van der Waals surface area contributed by atoms with Gasteiger partial charge in [-0.25, -0.2) is 14.8 Å². The Morgan fingerprint density at radius 3 is 2.59 bits per heavy atom. The van der Waals surface area contributed by atoms with E-state index in [2.05, 4.69) is 32.5 Å². The summed E-state index contributed by atoms with van der Waals surface area (Å²) in [6.07, 6.45) is 4.04. The number of aryl methyl sites for hydroxylation is 1. The minimum Gasteiger partial charge on any atom is -0.365 e. The van der Waals surface area contributed by atoms with Crippen LogP contribution in [0.4, 0.5) is 5.82 Å². The molecule has 0 aliphatic rings. The lowest BCUT2D eigenvalue weighted by molar-refractivity contribution is -0.282. The van der Waals surface area contributed by atoms with E-state index in [0.29, 0.717) is 6.61 Å². The zero-order valence-electron chi connectivity index (χ0n) is 15.4. The van der Waals surface area contributed by atoms with Crippen LogP contribution in [0.2, 0.25) is 0 Å². The fraction of sp³-hybridized carbons (Fsp3) is 0.190. The van der Waals surface area contributed by atoms with Crippen LogP contribution in [-0.4, -0.2) is 21.1 Å². The molecule has 0 spiro atoms. The van der Waals surface area contributed by atoms with E-state index in [1.54, 1.807) is 0 Å². The van der Waals surface area contributed by atoms with Crippen LogP contribution >= 0.6 is 0 Å². The van der Waals surface area contributed by atoms with Crippen molar-refractivity contribution in [3.8, 4) is 11.4 Å². The van der Waals surface area contributed by atoms with E-state index >= 15 is 0 Å². The number of nitrogens with zero attached hydrogens (tertiary/aromatic N) is 3. The summed E-state index contributed by atoms with van der Waals surface area (Å²) in [4.78, 5) is 14.6. The van der Waals surface area contributed by atoms with Crippen molar-refractivity contribution in [2.24, 2.45) is 7.05 Å². The van der Waals surface area contributed by atoms with Gasteiger partial charge in [0.25, 0.3) is 0 Å². The molecular formula is C21H22N4O2. The fourth-order valence-corrected chi connectivity index (χ4v) is 3.14. The molecule has 0 bridgehead atoms. The number of fused-ring (bicyclic) bond motifs is 1. The average molecular weight is 362 g/mol. The van der Waals surface area contributed by atoms with Gasteiger partial charge >= 0.3 is 0 Å². The van der Waals surface area contributed by atoms with Crippen LogP contribution in [0.15, 0.2) is 67.0 Å². The Kier molecular flexibility index (Phi) is 4.91. The average Bonchev–Trinajstić information content (AvgIpc) is 3.28. The molecule has 27 heavy (non-hydrogen) atoms. The van der Waals surface area contributed by atoms with Crippen LogP contribution in [0.25, 0.3) is 17.0 Å². The quantitative estimate of drug-likeness (QED) is 0.398. The van der Waals surface area contributed by atoms with Gasteiger partial charge in [0, 0.05) is 26.0 Å². The Balaban J connectivity index is 1.74. The number of nitrogens with one attached hydrogen (secondary N) is 1. The molecule has 0 saturated carbocycles. The van der Waals surface area contributed by atoms with Crippen molar-refractivity contribution in [1.29, 1.82) is 0 Å². The van der Waals surface area contributed by atoms with Crippen LogP contribution in [0, 0.1) is 0 Å². The first-order chi connectivity index (χ1) is 13.3. The Morgan fingerprint density at radius 2 is 1.85 bits per heavy atom. The highest BCUT2D eigenvalue weighted by Gasteiger charge is 2.16. The van der Waals surface area contributed by atoms with Gasteiger partial charge in [0.05, 0.1) is 12.8 Å². The summed E-state index contributed by atoms with van der Waals surface area (Å²) in [5.41, 5.74) is 5.06. The van der Waals surface area contributed by atoms with Gasteiger partial charge in [0.15, 0.2) is 0 Å². The molecule has 3 heterocycles. The topological polar surface area (TPSA) is 52.7 Å². The van der Waals surface area contributed by atoms with Crippen LogP contribution in [-0.2, 0) is 30.0 Å². The maximum atomic E-state index is 5.05. The largest absolute Gasteiger partial charge is 0.365 e. The predicted molar refractivity (Wildman–Crippen MR) is 105 cm³/mol. The monoisotopic (exact) mass is 362 g/mol. The van der Waals surface area contributed by atoms with E-state index in [4.69, 9.17) is 14.8 Å². The molecule has 3 aromatic heterocycles. The van der Waals surface area contributed by atoms with Crippen LogP contribution in [0.3, 0.4) is 0 Å². The highest BCUT2D eigenvalue weighted by Crippen LogP contribution is 2.29. The minimum atomic E-state index is 0.381. The van der Waals surface area contributed by atoms with Crippen molar-refractivity contribution >= 4 is 11.5 Å². The smallest absolute Gasteiger partial charge is 0.140 e. The maximum Gasteiger partial charge on any atom is 0.140 e. The molecule has 0 saturated heterocycles. The Labute approximate surface area is 157 Å². The summed E-state index contributed by atoms with van der Waals surface area (Å²) in [5, 5.41) is 3.56. The Bertz CT molecular complexity index is 1040. The number of anilines is 1. The second-order valence-corrected chi connectivity index (χ2v) is 6.34. The molecule has 1 N–H and O–H groups in total. The second-order valence-electron chi connectivity index (χ2n) is 6.34. The zero-order valence-corrected chi connectivity index (χ0v) is 15.4. The standard InChI is InChI=1S/C21H22N4O2/c1-24-11-6-9-18(24)20-21(22-14-16-7-4-3-5-8-16)25-12-10-17(15-27-26-2)13-19(25)23-20/h3-13,22H,14-15H2,1-2H3. The molecule has 0 fully saturated rings. The molecular weight excluding hydrogens is 340 g/mol. The number of rotatable bonds is 7. The van der Waals surface area contributed by atoms with Gasteiger partial charge in [0.1, 0.15) is 23.8 Å². The number of pyridine rings is 1. The van der Waals surface area contributed by atoms with Crippen molar-refractivity contribution < 1.29 is 9.78 Å². The molecule has 138 valence electrons. The molecule has 6 nitrogen and oxygen atoms in total. The van der Waals surface area contributed by atoms with E-state index in [1.165, 1.54) is 12.7 Å². The highest BCUT2D eigenvalue weighted by molar-refractivity contribution is 5.75. The van der Waals surface area contributed by atoms with E-state index in [9.17, 15) is 0 Å². The van der Waals surface area contributed by atoms with Gasteiger partial charge in [-0.3, -0.25) is 4.40 Å². The number of benzene rings is 1. The van der Waals surface area contributed by atoms with Crippen molar-refractivity contribution in [3.63, 3.8) is 0 Å². The third-order valence-electron chi connectivity index (χ3n) is 4.52. The van der Waals surface area contributed by atoms with Crippen molar-refractivity contribution in [2.45, 2.75) is 13.2 Å². The molecule has 0 unspecified atom stereocenters. The van der Waals surface area contributed by atoms with E-state index in [-0.39, 0.29) is 0 Å². The van der Waals surface area contributed by atoms with Crippen molar-refractivity contribution in [3.05, 3.63) is 78.1 Å². The minimum absolute atomic E-state index is 0.381. The lowest BCUT2D eigenvalue weighted by Crippen LogP contribution is -2.04. The molecule has 0 atom stereocenters. The third-order valence-corrected chi connectivity index (χ3v) is 4.52. The normalized spacial score (nSPS) is 11.2. The molecule has 0 aliphatic carbocycles. The highest BCUT2D eigenvalue weighted by atomic mass is 17.2. The number of imidazole rings is 1. The summed E-state index contributed by atoms with van der Waals surface area (Å²) in [7, 11) is 3.53. The third kappa shape index (κ3) is 3.58. The van der Waals surface area contributed by atoms with Gasteiger partial charge in [-0.1, -0.05) is 30.3 Å². The van der Waals surface area contributed by atoms with Crippen LogP contribution in [0.5, 0.6) is 0 Å². The van der Waals surface area contributed by atoms with Crippen molar-refractivity contribution in [2.75, 3.05) is 12.4 Å². The zero-order chi connectivity index (χ0) is 18.6. The van der Waals surface area contributed by atoms with Crippen LogP contribution < -0.4 is 5.32 Å². The molecule has 4 aromatic rings. The van der Waals surface area contributed by atoms with Crippen molar-refractivity contribution in [1.82, 2.24) is 14.0 Å². The SMILES string of the molecule is COOCc1ccn2c(NCc3ccccc3)c(-c3cccn3C)nc2c1. The lowest BCUT2D eigenvalue weighted by Gasteiger charge is -2.10. The van der Waals surface area contributed by atoms with E-state index < -0.39 is 0 Å². The molecule has 6 heteroatoms. The Hall–Kier alpha value is -3.09. The molecule has 1 aromatic carbocycles. The molecule has 4 rings (SSSR count). The fourth-order valence-electron chi connectivity index (χ4n) is 3.14. The van der Waals surface area contributed by atoms with E-state index in [1.807, 2.05) is 55.8 Å². The summed E-state index contributed by atoms with van der Waals surface area (Å²) in [6.45, 7) is 1.10. The number of aromatic nitrogens is 3. The predicted octanol–water partition coefficient (Wildman–Crippen LogP) is 4.03. The van der Waals surface area contributed by atoms with Gasteiger partial charge in [-0.05, 0) is 35.4 Å². The molecule has 0 radical (unpaired) electrons. The lowest BCUT2D eigenvalue weighted by atomic mass is 10.2. The van der Waals surface area contributed by atoms with Gasteiger partial charge < -0.3 is 9.88 Å². The summed E-state index contributed by atoms with van der Waals surface area (Å²) < 4.78 is 4.14. The summed E-state index contributed by atoms with van der Waals surface area (Å²) in [5.74, 6) is 0.967. The van der Waals surface area contributed by atoms with Gasteiger partial charge in [-0.15, -0.1) is 0 Å². The summed E-state index contributed by atoms with van der Waals surface area (Å²) >= 11 is 0. The number of hydrogen-bond donors (Lipinski definition) is 1. The Morgan fingerprint density at radius 1 is 1.00 bits per heavy atom. The maximum absolute atomic E-state index is 5.05. The van der Waals surface area contributed by atoms with E-state index in [0.717, 1.165) is 35.0 Å². The van der Waals surface area contributed by atoms with Gasteiger partial charge in [0.2, 0.25) is 0 Å². The first-order valence-electron chi connectivity index (χ1n) is 8.82. The summed E-state index contributed by atoms with van der Waals surface area (Å²) in [6, 6.07) is 18.5. The van der Waals surface area contributed by atoms with Crippen LogP contribution in [0.1, 0.15) is 11.1 Å². The molecule has 0 aliphatic heterocycles. The van der Waals surface area contributed by atoms with Gasteiger partial charge in [-0.2, -0.15) is 0 Å². The first-order valence-corrected chi connectivity index (χ1v) is 8.82. The first kappa shape index (κ1) is 17.3. The number of hydrogen-bond acceptors (Lipinski definition) is 4. The molecule has 0 amide bonds.